The quantitative estimate of drug-likeness (QED) is 0.687. The molecule has 2 aromatic heterocycles. The van der Waals surface area contributed by atoms with Crippen molar-refractivity contribution in [3.63, 3.8) is 0 Å². The summed E-state index contributed by atoms with van der Waals surface area (Å²) in [6.45, 7) is 2.59. The van der Waals surface area contributed by atoms with Crippen molar-refractivity contribution in [1.29, 1.82) is 0 Å². The standard InChI is InChI=1S/C18H19N3O2S/c1-3-11-21(18(22)23-2)17-13-20-12-15(9-10-16(20)19-17)24-14-7-5-4-6-8-14/h4-10,12-13H,3,11H2,1-2H3. The third-order valence-corrected chi connectivity index (χ3v) is 4.49. The van der Waals surface area contributed by atoms with Gasteiger partial charge in [0.15, 0.2) is 5.82 Å². The van der Waals surface area contributed by atoms with Crippen LogP contribution in [0.2, 0.25) is 0 Å². The molecule has 124 valence electrons. The Labute approximate surface area is 145 Å². The number of pyridine rings is 1. The molecule has 5 nitrogen and oxygen atoms in total. The maximum atomic E-state index is 11.9. The number of hydrogen-bond donors (Lipinski definition) is 0. The molecule has 0 unspecified atom stereocenters. The highest BCUT2D eigenvalue weighted by Gasteiger charge is 2.18. The SMILES string of the molecule is CCCN(C(=O)OC)c1cn2cc(Sc3ccccc3)ccc2n1. The summed E-state index contributed by atoms with van der Waals surface area (Å²) in [6, 6.07) is 14.2. The van der Waals surface area contributed by atoms with Gasteiger partial charge in [-0.2, -0.15) is 0 Å². The lowest BCUT2D eigenvalue weighted by atomic mass is 10.4. The van der Waals surface area contributed by atoms with Crippen molar-refractivity contribution < 1.29 is 9.53 Å². The molecule has 0 spiro atoms. The molecule has 0 saturated carbocycles. The van der Waals surface area contributed by atoms with Gasteiger partial charge in [0.1, 0.15) is 5.65 Å². The number of anilines is 1. The van der Waals surface area contributed by atoms with E-state index in [1.165, 1.54) is 12.0 Å². The van der Waals surface area contributed by atoms with Crippen LogP contribution in [0.25, 0.3) is 5.65 Å². The lowest BCUT2D eigenvalue weighted by Gasteiger charge is -2.17. The zero-order chi connectivity index (χ0) is 16.9. The minimum absolute atomic E-state index is 0.390. The zero-order valence-electron chi connectivity index (χ0n) is 13.7. The molecule has 6 heteroatoms. The first-order valence-electron chi connectivity index (χ1n) is 7.78. The van der Waals surface area contributed by atoms with E-state index in [4.69, 9.17) is 4.74 Å². The Balaban J connectivity index is 1.89. The number of carbonyl (C=O) groups excluding carboxylic acids is 1. The summed E-state index contributed by atoms with van der Waals surface area (Å²) < 4.78 is 6.79. The van der Waals surface area contributed by atoms with Crippen LogP contribution in [0.3, 0.4) is 0 Å². The molecule has 0 fully saturated rings. The van der Waals surface area contributed by atoms with E-state index in [-0.39, 0.29) is 6.09 Å². The molecular formula is C18H19N3O2S. The maximum absolute atomic E-state index is 11.9. The molecule has 0 bridgehead atoms. The number of nitrogens with zero attached hydrogens (tertiary/aromatic N) is 3. The predicted molar refractivity (Wildman–Crippen MR) is 95.8 cm³/mol. The summed E-state index contributed by atoms with van der Waals surface area (Å²) >= 11 is 1.69. The molecule has 0 radical (unpaired) electrons. The Bertz CT molecular complexity index is 833. The van der Waals surface area contributed by atoms with Gasteiger partial charge >= 0.3 is 6.09 Å². The van der Waals surface area contributed by atoms with Gasteiger partial charge in [-0.3, -0.25) is 4.90 Å². The average Bonchev–Trinajstić information content (AvgIpc) is 3.02. The van der Waals surface area contributed by atoms with E-state index < -0.39 is 0 Å². The Kier molecular flexibility index (Phi) is 5.05. The molecule has 1 amide bonds. The van der Waals surface area contributed by atoms with Gasteiger partial charge in [0.05, 0.1) is 13.3 Å². The van der Waals surface area contributed by atoms with Gasteiger partial charge in [0, 0.05) is 22.5 Å². The normalized spacial score (nSPS) is 10.8. The van der Waals surface area contributed by atoms with E-state index in [9.17, 15) is 4.79 Å². The van der Waals surface area contributed by atoms with Crippen molar-refractivity contribution in [2.24, 2.45) is 0 Å². The summed E-state index contributed by atoms with van der Waals surface area (Å²) in [4.78, 5) is 20.3. The number of hydrogen-bond acceptors (Lipinski definition) is 4. The topological polar surface area (TPSA) is 46.8 Å². The summed E-state index contributed by atoms with van der Waals surface area (Å²) in [6.07, 6.45) is 4.32. The smallest absolute Gasteiger partial charge is 0.415 e. The molecule has 0 aliphatic heterocycles. The number of ether oxygens (including phenoxy) is 1. The molecule has 2 heterocycles. The highest BCUT2D eigenvalue weighted by atomic mass is 32.2. The molecule has 3 aromatic rings. The second-order valence-electron chi connectivity index (χ2n) is 5.27. The average molecular weight is 341 g/mol. The number of methoxy groups -OCH3 is 1. The molecule has 0 saturated heterocycles. The number of fused-ring (bicyclic) bond motifs is 1. The van der Waals surface area contributed by atoms with Crippen LogP contribution >= 0.6 is 11.8 Å². The van der Waals surface area contributed by atoms with E-state index >= 15 is 0 Å². The van der Waals surface area contributed by atoms with Crippen molar-refractivity contribution in [3.05, 3.63) is 54.9 Å². The highest BCUT2D eigenvalue weighted by molar-refractivity contribution is 7.99. The molecule has 0 aliphatic carbocycles. The monoisotopic (exact) mass is 341 g/mol. The number of amides is 1. The van der Waals surface area contributed by atoms with Crippen LogP contribution in [0.1, 0.15) is 13.3 Å². The Morgan fingerprint density at radius 2 is 1.96 bits per heavy atom. The first-order valence-corrected chi connectivity index (χ1v) is 8.60. The minimum Gasteiger partial charge on any atom is -0.452 e. The van der Waals surface area contributed by atoms with Crippen LogP contribution in [0.5, 0.6) is 0 Å². The first-order chi connectivity index (χ1) is 11.7. The minimum atomic E-state index is -0.390. The van der Waals surface area contributed by atoms with Crippen molar-refractivity contribution in [2.75, 3.05) is 18.6 Å². The lowest BCUT2D eigenvalue weighted by Crippen LogP contribution is -2.31. The summed E-state index contributed by atoms with van der Waals surface area (Å²) in [5.41, 5.74) is 0.799. The van der Waals surface area contributed by atoms with Crippen LogP contribution in [-0.4, -0.2) is 29.1 Å². The number of imidazole rings is 1. The summed E-state index contributed by atoms with van der Waals surface area (Å²) in [7, 11) is 1.38. The third kappa shape index (κ3) is 3.54. The van der Waals surface area contributed by atoms with E-state index in [0.717, 1.165) is 17.0 Å². The molecule has 3 rings (SSSR count). The molecule has 0 aliphatic rings. The number of benzene rings is 1. The van der Waals surface area contributed by atoms with E-state index in [1.807, 2.05) is 54.0 Å². The zero-order valence-corrected chi connectivity index (χ0v) is 14.5. The molecular weight excluding hydrogens is 322 g/mol. The number of rotatable bonds is 5. The Hall–Kier alpha value is -2.47. The van der Waals surface area contributed by atoms with Gasteiger partial charge in [0.2, 0.25) is 0 Å². The van der Waals surface area contributed by atoms with Crippen LogP contribution in [-0.2, 0) is 4.74 Å². The largest absolute Gasteiger partial charge is 0.452 e. The first kappa shape index (κ1) is 16.4. The van der Waals surface area contributed by atoms with E-state index in [0.29, 0.717) is 12.4 Å². The third-order valence-electron chi connectivity index (χ3n) is 3.51. The van der Waals surface area contributed by atoms with Crippen LogP contribution < -0.4 is 4.90 Å². The fraction of sp³-hybridized carbons (Fsp3) is 0.222. The van der Waals surface area contributed by atoms with Gasteiger partial charge in [-0.1, -0.05) is 36.9 Å². The molecule has 24 heavy (non-hydrogen) atoms. The van der Waals surface area contributed by atoms with E-state index in [1.54, 1.807) is 16.7 Å². The van der Waals surface area contributed by atoms with Crippen LogP contribution in [0.4, 0.5) is 10.6 Å². The Morgan fingerprint density at radius 3 is 2.67 bits per heavy atom. The number of carbonyl (C=O) groups is 1. The van der Waals surface area contributed by atoms with Crippen molar-refractivity contribution in [1.82, 2.24) is 9.38 Å². The van der Waals surface area contributed by atoms with Gasteiger partial charge in [-0.15, -0.1) is 0 Å². The lowest BCUT2D eigenvalue weighted by molar-refractivity contribution is 0.178. The highest BCUT2D eigenvalue weighted by Crippen LogP contribution is 2.28. The van der Waals surface area contributed by atoms with Crippen molar-refractivity contribution >= 4 is 29.3 Å². The van der Waals surface area contributed by atoms with Crippen molar-refractivity contribution in [3.8, 4) is 0 Å². The Morgan fingerprint density at radius 1 is 1.17 bits per heavy atom. The van der Waals surface area contributed by atoms with Gasteiger partial charge < -0.3 is 9.14 Å². The second-order valence-corrected chi connectivity index (χ2v) is 6.41. The maximum Gasteiger partial charge on any atom is 0.415 e. The number of aromatic nitrogens is 2. The van der Waals surface area contributed by atoms with Crippen LogP contribution in [0, 0.1) is 0 Å². The van der Waals surface area contributed by atoms with Crippen LogP contribution in [0.15, 0.2) is 64.6 Å². The summed E-state index contributed by atoms with van der Waals surface area (Å²) in [5, 5.41) is 0. The molecule has 0 N–H and O–H groups in total. The predicted octanol–water partition coefficient (Wildman–Crippen LogP) is 4.47. The fourth-order valence-corrected chi connectivity index (χ4v) is 3.27. The van der Waals surface area contributed by atoms with Gasteiger partial charge in [-0.25, -0.2) is 9.78 Å². The molecule has 0 atom stereocenters. The molecule has 1 aromatic carbocycles. The second kappa shape index (κ2) is 7.40. The summed E-state index contributed by atoms with van der Waals surface area (Å²) in [5.74, 6) is 0.602. The van der Waals surface area contributed by atoms with E-state index in [2.05, 4.69) is 17.1 Å². The van der Waals surface area contributed by atoms with Gasteiger partial charge in [0.25, 0.3) is 0 Å². The van der Waals surface area contributed by atoms with Gasteiger partial charge in [-0.05, 0) is 30.7 Å². The fourth-order valence-electron chi connectivity index (χ4n) is 2.41. The van der Waals surface area contributed by atoms with Crippen molar-refractivity contribution in [2.45, 2.75) is 23.1 Å².